The van der Waals surface area contributed by atoms with E-state index >= 15 is 0 Å². The lowest BCUT2D eigenvalue weighted by Gasteiger charge is -2.14. The number of fused-ring (bicyclic) bond motifs is 1. The van der Waals surface area contributed by atoms with Crippen molar-refractivity contribution in [3.63, 3.8) is 0 Å². The summed E-state index contributed by atoms with van der Waals surface area (Å²) in [5, 5.41) is 9.56. The summed E-state index contributed by atoms with van der Waals surface area (Å²) in [5.41, 5.74) is 4.05. The predicted molar refractivity (Wildman–Crippen MR) is 100 cm³/mol. The summed E-state index contributed by atoms with van der Waals surface area (Å²) in [6.45, 7) is 4.35. The van der Waals surface area contributed by atoms with Crippen LogP contribution in [-0.2, 0) is 14.6 Å². The van der Waals surface area contributed by atoms with Crippen molar-refractivity contribution < 1.29 is 18.3 Å². The van der Waals surface area contributed by atoms with Crippen LogP contribution in [0.15, 0.2) is 41.0 Å². The average Bonchev–Trinajstić information content (AvgIpc) is 3.08. The second-order valence-corrected chi connectivity index (χ2v) is 9.19. The predicted octanol–water partition coefficient (Wildman–Crippen LogP) is 3.87. The Bertz CT molecular complexity index is 805. The van der Waals surface area contributed by atoms with Crippen LogP contribution in [0.1, 0.15) is 45.1 Å². The fourth-order valence-corrected chi connectivity index (χ4v) is 5.90. The maximum atomic E-state index is 12.2. The number of hydrogen-bond donors (Lipinski definition) is 1. The van der Waals surface area contributed by atoms with E-state index in [0.29, 0.717) is 6.61 Å². The van der Waals surface area contributed by atoms with Crippen molar-refractivity contribution in [2.24, 2.45) is 0 Å². The highest BCUT2D eigenvalue weighted by Crippen LogP contribution is 2.38. The molecular weight excluding hydrogens is 336 g/mol. The van der Waals surface area contributed by atoms with Gasteiger partial charge in [0.25, 0.3) is 0 Å². The highest BCUT2D eigenvalue weighted by Gasteiger charge is 2.45. The average molecular weight is 362 g/mol. The van der Waals surface area contributed by atoms with Gasteiger partial charge in [-0.2, -0.15) is 0 Å². The molecule has 25 heavy (non-hydrogen) atoms. The van der Waals surface area contributed by atoms with Gasteiger partial charge in [-0.3, -0.25) is 0 Å². The van der Waals surface area contributed by atoms with Crippen LogP contribution in [-0.4, -0.2) is 37.2 Å². The van der Waals surface area contributed by atoms with Crippen molar-refractivity contribution in [2.45, 2.75) is 50.9 Å². The number of benzene rings is 1. The second-order valence-electron chi connectivity index (χ2n) is 7.00. The molecular formula is C20H26O4S. The number of allylic oxidation sites excluding steroid dienone is 1. The number of ether oxygens (including phenoxy) is 1. The highest BCUT2D eigenvalue weighted by molar-refractivity contribution is 7.92. The SMILES string of the molecule is CCC/C(=C\c1ccccc1O)CC[C@H]1OC[C@H]2C1=C(C)CS2(=O)=O. The van der Waals surface area contributed by atoms with Crippen LogP contribution in [0.2, 0.25) is 0 Å². The van der Waals surface area contributed by atoms with Gasteiger partial charge in [-0.15, -0.1) is 0 Å². The van der Waals surface area contributed by atoms with E-state index in [4.69, 9.17) is 4.74 Å². The second kappa shape index (κ2) is 7.34. The number of rotatable bonds is 6. The van der Waals surface area contributed by atoms with Gasteiger partial charge < -0.3 is 9.84 Å². The molecule has 2 aliphatic heterocycles. The van der Waals surface area contributed by atoms with E-state index in [2.05, 4.69) is 13.0 Å². The Labute approximate surface area is 150 Å². The smallest absolute Gasteiger partial charge is 0.163 e. The molecule has 1 fully saturated rings. The molecule has 0 bridgehead atoms. The van der Waals surface area contributed by atoms with Gasteiger partial charge in [0.2, 0.25) is 0 Å². The molecule has 2 heterocycles. The molecule has 0 unspecified atom stereocenters. The van der Waals surface area contributed by atoms with Crippen LogP contribution < -0.4 is 0 Å². The summed E-state index contributed by atoms with van der Waals surface area (Å²) in [6, 6.07) is 7.33. The Morgan fingerprint density at radius 1 is 1.32 bits per heavy atom. The van der Waals surface area contributed by atoms with Crippen LogP contribution in [0.25, 0.3) is 6.08 Å². The fraction of sp³-hybridized carbons (Fsp3) is 0.500. The van der Waals surface area contributed by atoms with Gasteiger partial charge in [-0.1, -0.05) is 48.8 Å². The minimum atomic E-state index is -3.06. The first-order valence-corrected chi connectivity index (χ1v) is 10.6. The van der Waals surface area contributed by atoms with Gasteiger partial charge >= 0.3 is 0 Å². The first kappa shape index (κ1) is 18.2. The maximum Gasteiger partial charge on any atom is 0.163 e. The maximum absolute atomic E-state index is 12.2. The third-order valence-electron chi connectivity index (χ3n) is 5.08. The van der Waals surface area contributed by atoms with Gasteiger partial charge in [0.1, 0.15) is 11.0 Å². The van der Waals surface area contributed by atoms with E-state index in [0.717, 1.165) is 42.4 Å². The number of phenols is 1. The number of aromatic hydroxyl groups is 1. The van der Waals surface area contributed by atoms with Crippen molar-refractivity contribution in [3.8, 4) is 5.75 Å². The molecule has 0 amide bonds. The summed E-state index contributed by atoms with van der Waals surface area (Å²) < 4.78 is 30.1. The molecule has 136 valence electrons. The topological polar surface area (TPSA) is 63.6 Å². The normalized spacial score (nSPS) is 25.4. The third-order valence-corrected chi connectivity index (χ3v) is 7.17. The Hall–Kier alpha value is -1.59. The van der Waals surface area contributed by atoms with Crippen LogP contribution in [0, 0.1) is 0 Å². The first-order valence-electron chi connectivity index (χ1n) is 8.92. The zero-order chi connectivity index (χ0) is 18.0. The first-order chi connectivity index (χ1) is 11.9. The molecule has 0 spiro atoms. The lowest BCUT2D eigenvalue weighted by atomic mass is 9.95. The van der Waals surface area contributed by atoms with Gasteiger partial charge in [0.05, 0.1) is 18.5 Å². The summed E-state index contributed by atoms with van der Waals surface area (Å²) in [5.74, 6) is 0.469. The molecule has 4 nitrogen and oxygen atoms in total. The zero-order valence-electron chi connectivity index (χ0n) is 14.9. The van der Waals surface area contributed by atoms with E-state index in [9.17, 15) is 13.5 Å². The van der Waals surface area contributed by atoms with E-state index in [1.54, 1.807) is 6.07 Å². The molecule has 1 N–H and O–H groups in total. The lowest BCUT2D eigenvalue weighted by Crippen LogP contribution is -2.19. The minimum Gasteiger partial charge on any atom is -0.507 e. The monoisotopic (exact) mass is 362 g/mol. The Morgan fingerprint density at radius 3 is 2.80 bits per heavy atom. The van der Waals surface area contributed by atoms with Crippen LogP contribution >= 0.6 is 0 Å². The van der Waals surface area contributed by atoms with Crippen molar-refractivity contribution in [1.82, 2.24) is 0 Å². The minimum absolute atomic E-state index is 0.0908. The molecule has 0 radical (unpaired) electrons. The van der Waals surface area contributed by atoms with Crippen molar-refractivity contribution >= 4 is 15.9 Å². The van der Waals surface area contributed by atoms with Crippen molar-refractivity contribution in [3.05, 3.63) is 46.5 Å². The Kier molecular flexibility index (Phi) is 5.35. The molecule has 3 rings (SSSR count). The molecule has 0 aromatic heterocycles. The summed E-state index contributed by atoms with van der Waals surface area (Å²) in [6.07, 6.45) is 5.59. The number of sulfone groups is 1. The van der Waals surface area contributed by atoms with Gasteiger partial charge in [0.15, 0.2) is 9.84 Å². The molecule has 1 aromatic carbocycles. The van der Waals surface area contributed by atoms with E-state index in [1.165, 1.54) is 5.57 Å². The molecule has 0 aliphatic carbocycles. The highest BCUT2D eigenvalue weighted by atomic mass is 32.2. The standard InChI is InChI=1S/C20H26O4S/c1-3-6-15(11-16-7-4-5-8-17(16)21)9-10-18-20-14(2)13-25(22,23)19(20)12-24-18/h4-5,7-8,11,18-19,21H,3,6,9-10,12-13H2,1-2H3/b15-11+/t18-,19+/m1/s1. The van der Waals surface area contributed by atoms with Crippen LogP contribution in [0.3, 0.4) is 0 Å². The van der Waals surface area contributed by atoms with Gasteiger partial charge in [0, 0.05) is 5.56 Å². The number of hydrogen-bond acceptors (Lipinski definition) is 4. The number of para-hydroxylation sites is 1. The van der Waals surface area contributed by atoms with Crippen molar-refractivity contribution in [1.29, 1.82) is 0 Å². The molecule has 2 atom stereocenters. The summed E-state index contributed by atoms with van der Waals surface area (Å²) in [7, 11) is -3.06. The Morgan fingerprint density at radius 2 is 2.08 bits per heavy atom. The quantitative estimate of drug-likeness (QED) is 0.780. The summed E-state index contributed by atoms with van der Waals surface area (Å²) in [4.78, 5) is 0. The van der Waals surface area contributed by atoms with Gasteiger partial charge in [-0.05, 0) is 37.8 Å². The van der Waals surface area contributed by atoms with Gasteiger partial charge in [-0.25, -0.2) is 8.42 Å². The largest absolute Gasteiger partial charge is 0.507 e. The molecule has 1 aromatic rings. The van der Waals surface area contributed by atoms with E-state index in [-0.39, 0.29) is 17.6 Å². The summed E-state index contributed by atoms with van der Waals surface area (Å²) >= 11 is 0. The molecule has 1 saturated heterocycles. The van der Waals surface area contributed by atoms with Crippen LogP contribution in [0.5, 0.6) is 5.75 Å². The van der Waals surface area contributed by atoms with Crippen LogP contribution in [0.4, 0.5) is 0 Å². The van der Waals surface area contributed by atoms with E-state index in [1.807, 2.05) is 25.1 Å². The van der Waals surface area contributed by atoms with E-state index < -0.39 is 15.1 Å². The lowest BCUT2D eigenvalue weighted by molar-refractivity contribution is 0.117. The number of phenolic OH excluding ortho intramolecular Hbond substituents is 1. The molecule has 0 saturated carbocycles. The molecule has 5 heteroatoms. The zero-order valence-corrected chi connectivity index (χ0v) is 15.7. The Balaban J connectivity index is 1.73. The third kappa shape index (κ3) is 3.82. The molecule has 2 aliphatic rings. The van der Waals surface area contributed by atoms with Crippen molar-refractivity contribution in [2.75, 3.05) is 12.4 Å². The fourth-order valence-electron chi connectivity index (χ4n) is 3.90.